The second-order valence-corrected chi connectivity index (χ2v) is 6.87. The number of nitrogens with zero attached hydrogens (tertiary/aromatic N) is 1. The Morgan fingerprint density at radius 1 is 1.10 bits per heavy atom. The standard InChI is InChI=1S/C16H29NO3/c1-2-17-8-4-16(18,5-9-17)14-3-10-20-15(13-14)6-11-19-12-7-15/h14,18H,2-13H2,1H3. The number of piperidine rings is 1. The molecule has 1 spiro atoms. The minimum Gasteiger partial charge on any atom is -0.389 e. The Morgan fingerprint density at radius 3 is 2.45 bits per heavy atom. The zero-order valence-electron chi connectivity index (χ0n) is 12.8. The molecule has 0 aliphatic carbocycles. The molecule has 1 atom stereocenters. The molecule has 0 bridgehead atoms. The Kier molecular flexibility index (Phi) is 4.37. The maximum Gasteiger partial charge on any atom is 0.0730 e. The van der Waals surface area contributed by atoms with Gasteiger partial charge in [-0.25, -0.2) is 0 Å². The van der Waals surface area contributed by atoms with Gasteiger partial charge in [0.05, 0.1) is 11.2 Å². The number of ether oxygens (including phenoxy) is 2. The summed E-state index contributed by atoms with van der Waals surface area (Å²) in [5.74, 6) is 0.411. The summed E-state index contributed by atoms with van der Waals surface area (Å²) in [7, 11) is 0. The van der Waals surface area contributed by atoms with Gasteiger partial charge < -0.3 is 19.5 Å². The van der Waals surface area contributed by atoms with Crippen LogP contribution in [0.25, 0.3) is 0 Å². The fraction of sp³-hybridized carbons (Fsp3) is 1.00. The lowest BCUT2D eigenvalue weighted by Gasteiger charge is -2.50. The summed E-state index contributed by atoms with van der Waals surface area (Å²) in [4.78, 5) is 2.44. The summed E-state index contributed by atoms with van der Waals surface area (Å²) >= 11 is 0. The monoisotopic (exact) mass is 283 g/mol. The van der Waals surface area contributed by atoms with Crippen LogP contribution in [0.3, 0.4) is 0 Å². The fourth-order valence-electron chi connectivity index (χ4n) is 4.24. The predicted molar refractivity (Wildman–Crippen MR) is 77.8 cm³/mol. The van der Waals surface area contributed by atoms with Gasteiger partial charge in [0.1, 0.15) is 0 Å². The molecule has 3 fully saturated rings. The highest BCUT2D eigenvalue weighted by Gasteiger charge is 2.47. The van der Waals surface area contributed by atoms with E-state index in [1.807, 2.05) is 0 Å². The van der Waals surface area contributed by atoms with Gasteiger partial charge in [-0.15, -0.1) is 0 Å². The van der Waals surface area contributed by atoms with E-state index in [-0.39, 0.29) is 5.60 Å². The first-order valence-corrected chi connectivity index (χ1v) is 8.32. The Hall–Kier alpha value is -0.160. The molecule has 3 aliphatic heterocycles. The maximum atomic E-state index is 11.1. The third-order valence-corrected chi connectivity index (χ3v) is 5.83. The van der Waals surface area contributed by atoms with Crippen LogP contribution >= 0.6 is 0 Å². The van der Waals surface area contributed by atoms with E-state index >= 15 is 0 Å². The van der Waals surface area contributed by atoms with Gasteiger partial charge in [-0.3, -0.25) is 0 Å². The molecule has 0 saturated carbocycles. The van der Waals surface area contributed by atoms with Gasteiger partial charge in [0.15, 0.2) is 0 Å². The van der Waals surface area contributed by atoms with E-state index in [4.69, 9.17) is 9.47 Å². The fourth-order valence-corrected chi connectivity index (χ4v) is 4.24. The highest BCUT2D eigenvalue weighted by molar-refractivity contribution is 4.98. The number of aliphatic hydroxyl groups is 1. The van der Waals surface area contributed by atoms with Gasteiger partial charge in [0.25, 0.3) is 0 Å². The van der Waals surface area contributed by atoms with Gasteiger partial charge in [0, 0.05) is 32.9 Å². The summed E-state index contributed by atoms with van der Waals surface area (Å²) < 4.78 is 11.6. The molecule has 1 unspecified atom stereocenters. The molecule has 0 aromatic carbocycles. The van der Waals surface area contributed by atoms with Crippen LogP contribution in [0, 0.1) is 5.92 Å². The second kappa shape index (κ2) is 5.91. The summed E-state index contributed by atoms with van der Waals surface area (Å²) in [6, 6.07) is 0. The van der Waals surface area contributed by atoms with E-state index in [0.29, 0.717) is 5.92 Å². The van der Waals surface area contributed by atoms with Gasteiger partial charge in [-0.1, -0.05) is 6.92 Å². The smallest absolute Gasteiger partial charge is 0.0730 e. The Balaban J connectivity index is 1.64. The SMILES string of the molecule is CCN1CCC(O)(C2CCOC3(CCOCC3)C2)CC1. The first kappa shape index (κ1) is 14.8. The number of hydrogen-bond donors (Lipinski definition) is 1. The number of hydrogen-bond acceptors (Lipinski definition) is 4. The lowest BCUT2D eigenvalue weighted by Crippen LogP contribution is -2.54. The van der Waals surface area contributed by atoms with Crippen LogP contribution in [0.4, 0.5) is 0 Å². The van der Waals surface area contributed by atoms with Crippen LogP contribution in [0.1, 0.15) is 45.4 Å². The van der Waals surface area contributed by atoms with Crippen molar-refractivity contribution >= 4 is 0 Å². The summed E-state index contributed by atoms with van der Waals surface area (Å²) in [5, 5.41) is 11.1. The average molecular weight is 283 g/mol. The molecule has 3 rings (SSSR count). The molecule has 0 radical (unpaired) electrons. The van der Waals surface area contributed by atoms with E-state index in [1.165, 1.54) is 0 Å². The Morgan fingerprint density at radius 2 is 1.80 bits per heavy atom. The summed E-state index contributed by atoms with van der Waals surface area (Å²) in [6.45, 7) is 7.83. The first-order chi connectivity index (χ1) is 9.66. The molecular weight excluding hydrogens is 254 g/mol. The van der Waals surface area contributed by atoms with Crippen molar-refractivity contribution in [1.29, 1.82) is 0 Å². The van der Waals surface area contributed by atoms with Crippen molar-refractivity contribution in [3.8, 4) is 0 Å². The Bertz CT molecular complexity index is 314. The summed E-state index contributed by atoms with van der Waals surface area (Å²) in [6.07, 6.45) is 5.90. The van der Waals surface area contributed by atoms with Crippen LogP contribution < -0.4 is 0 Å². The van der Waals surface area contributed by atoms with Gasteiger partial charge in [-0.2, -0.15) is 0 Å². The minimum absolute atomic E-state index is 0.00120. The maximum absolute atomic E-state index is 11.1. The lowest BCUT2D eigenvalue weighted by molar-refractivity contribution is -0.182. The van der Waals surface area contributed by atoms with E-state index < -0.39 is 5.60 Å². The third kappa shape index (κ3) is 2.89. The molecule has 4 heteroatoms. The average Bonchev–Trinajstić information content (AvgIpc) is 2.49. The van der Waals surface area contributed by atoms with Crippen molar-refractivity contribution in [3.05, 3.63) is 0 Å². The lowest BCUT2D eigenvalue weighted by atomic mass is 9.70. The largest absolute Gasteiger partial charge is 0.389 e. The van der Waals surface area contributed by atoms with Crippen molar-refractivity contribution in [2.75, 3.05) is 39.5 Å². The molecular formula is C16H29NO3. The van der Waals surface area contributed by atoms with E-state index in [2.05, 4.69) is 11.8 Å². The van der Waals surface area contributed by atoms with Crippen molar-refractivity contribution < 1.29 is 14.6 Å². The molecule has 20 heavy (non-hydrogen) atoms. The predicted octanol–water partition coefficient (Wildman–Crippen LogP) is 1.81. The molecule has 116 valence electrons. The highest BCUT2D eigenvalue weighted by atomic mass is 16.5. The third-order valence-electron chi connectivity index (χ3n) is 5.83. The van der Waals surface area contributed by atoms with Crippen molar-refractivity contribution in [2.24, 2.45) is 5.92 Å². The van der Waals surface area contributed by atoms with Crippen molar-refractivity contribution in [2.45, 2.75) is 56.7 Å². The molecule has 3 heterocycles. The second-order valence-electron chi connectivity index (χ2n) is 6.87. The van der Waals surface area contributed by atoms with Gasteiger partial charge in [0.2, 0.25) is 0 Å². The van der Waals surface area contributed by atoms with Crippen LogP contribution in [0.2, 0.25) is 0 Å². The first-order valence-electron chi connectivity index (χ1n) is 8.32. The molecule has 1 N–H and O–H groups in total. The van der Waals surface area contributed by atoms with Crippen molar-refractivity contribution in [3.63, 3.8) is 0 Å². The van der Waals surface area contributed by atoms with E-state index in [9.17, 15) is 5.11 Å². The summed E-state index contributed by atoms with van der Waals surface area (Å²) in [5.41, 5.74) is -0.459. The Labute approximate surface area is 122 Å². The molecule has 4 nitrogen and oxygen atoms in total. The molecule has 3 saturated heterocycles. The van der Waals surface area contributed by atoms with Gasteiger partial charge in [-0.05, 0) is 51.0 Å². The quantitative estimate of drug-likeness (QED) is 0.839. The van der Waals surface area contributed by atoms with E-state index in [0.717, 1.165) is 78.0 Å². The van der Waals surface area contributed by atoms with Crippen LogP contribution in [-0.2, 0) is 9.47 Å². The van der Waals surface area contributed by atoms with E-state index in [1.54, 1.807) is 0 Å². The zero-order valence-corrected chi connectivity index (χ0v) is 12.8. The molecule has 0 aromatic heterocycles. The minimum atomic E-state index is -0.458. The topological polar surface area (TPSA) is 41.9 Å². The zero-order chi connectivity index (χ0) is 14.1. The molecule has 3 aliphatic rings. The number of rotatable bonds is 2. The van der Waals surface area contributed by atoms with Crippen molar-refractivity contribution in [1.82, 2.24) is 4.90 Å². The number of likely N-dealkylation sites (tertiary alicyclic amines) is 1. The normalized spacial score (nSPS) is 34.2. The van der Waals surface area contributed by atoms with Crippen LogP contribution in [0.15, 0.2) is 0 Å². The highest BCUT2D eigenvalue weighted by Crippen LogP contribution is 2.44. The molecule has 0 aromatic rings. The van der Waals surface area contributed by atoms with Crippen LogP contribution in [0.5, 0.6) is 0 Å². The van der Waals surface area contributed by atoms with Crippen LogP contribution in [-0.4, -0.2) is 60.7 Å². The van der Waals surface area contributed by atoms with Gasteiger partial charge >= 0.3 is 0 Å². The molecule has 0 amide bonds.